The molecule has 24 heavy (non-hydrogen) atoms. The average Bonchev–Trinajstić information content (AvgIpc) is 3.08. The van der Waals surface area contributed by atoms with E-state index in [2.05, 4.69) is 19.2 Å². The van der Waals surface area contributed by atoms with Crippen molar-refractivity contribution >= 4 is 15.9 Å². The molecule has 0 spiro atoms. The highest BCUT2D eigenvalue weighted by atomic mass is 32.2. The van der Waals surface area contributed by atoms with Crippen LogP contribution in [0.5, 0.6) is 0 Å². The van der Waals surface area contributed by atoms with Gasteiger partial charge in [0.2, 0.25) is 10.0 Å². The van der Waals surface area contributed by atoms with Gasteiger partial charge in [-0.05, 0) is 56.7 Å². The summed E-state index contributed by atoms with van der Waals surface area (Å²) >= 11 is 0. The predicted molar refractivity (Wildman–Crippen MR) is 95.4 cm³/mol. The van der Waals surface area contributed by atoms with Crippen molar-refractivity contribution in [2.24, 2.45) is 5.92 Å². The maximum absolute atomic E-state index is 12.6. The largest absolute Gasteiger partial charge is 0.350 e. The second kappa shape index (κ2) is 8.12. The van der Waals surface area contributed by atoms with Gasteiger partial charge < -0.3 is 5.32 Å². The van der Waals surface area contributed by atoms with Crippen molar-refractivity contribution in [3.63, 3.8) is 0 Å². The first kappa shape index (κ1) is 18.9. The monoisotopic (exact) mass is 352 g/mol. The molecule has 1 aromatic rings. The van der Waals surface area contributed by atoms with Gasteiger partial charge in [0, 0.05) is 24.7 Å². The molecule has 0 radical (unpaired) electrons. The molecule has 1 heterocycles. The molecule has 1 aliphatic heterocycles. The van der Waals surface area contributed by atoms with Gasteiger partial charge in [-0.3, -0.25) is 4.79 Å². The van der Waals surface area contributed by atoms with Crippen LogP contribution in [-0.4, -0.2) is 37.8 Å². The molecule has 1 saturated heterocycles. The van der Waals surface area contributed by atoms with Crippen LogP contribution in [0.2, 0.25) is 0 Å². The Kier molecular flexibility index (Phi) is 6.40. The van der Waals surface area contributed by atoms with Gasteiger partial charge in [0.15, 0.2) is 0 Å². The molecule has 0 aliphatic carbocycles. The summed E-state index contributed by atoms with van der Waals surface area (Å²) in [7, 11) is -3.49. The molecular formula is C18H28N2O3S. The topological polar surface area (TPSA) is 66.5 Å². The first-order valence-corrected chi connectivity index (χ1v) is 10.2. The van der Waals surface area contributed by atoms with Crippen LogP contribution in [0.15, 0.2) is 29.2 Å². The van der Waals surface area contributed by atoms with E-state index in [0.29, 0.717) is 24.6 Å². The van der Waals surface area contributed by atoms with Gasteiger partial charge in [-0.2, -0.15) is 4.31 Å². The van der Waals surface area contributed by atoms with Crippen LogP contribution in [0.1, 0.15) is 56.8 Å². The number of hydrogen-bond acceptors (Lipinski definition) is 3. The van der Waals surface area contributed by atoms with Crippen LogP contribution in [0, 0.1) is 5.92 Å². The summed E-state index contributed by atoms with van der Waals surface area (Å²) in [6.07, 6.45) is 3.75. The molecule has 0 bridgehead atoms. The summed E-state index contributed by atoms with van der Waals surface area (Å²) < 4.78 is 26.7. The third-order valence-corrected chi connectivity index (χ3v) is 6.25. The van der Waals surface area contributed by atoms with E-state index in [9.17, 15) is 13.2 Å². The number of rotatable bonds is 7. The summed E-state index contributed by atoms with van der Waals surface area (Å²) in [4.78, 5) is 12.6. The van der Waals surface area contributed by atoms with Gasteiger partial charge in [0.05, 0.1) is 4.90 Å². The number of benzene rings is 1. The normalized spacial score (nSPS) is 17.2. The lowest BCUT2D eigenvalue weighted by molar-refractivity contribution is 0.0937. The van der Waals surface area contributed by atoms with Crippen molar-refractivity contribution in [3.8, 4) is 0 Å². The minimum atomic E-state index is -3.49. The van der Waals surface area contributed by atoms with E-state index in [4.69, 9.17) is 0 Å². The quantitative estimate of drug-likeness (QED) is 0.820. The lowest BCUT2D eigenvalue weighted by atomic mass is 10.0. The maximum atomic E-state index is 12.6. The van der Waals surface area contributed by atoms with E-state index in [-0.39, 0.29) is 16.8 Å². The Morgan fingerprint density at radius 2 is 1.83 bits per heavy atom. The molecule has 1 N–H and O–H groups in total. The Bertz CT molecular complexity index is 665. The van der Waals surface area contributed by atoms with Crippen LogP contribution >= 0.6 is 0 Å². The van der Waals surface area contributed by atoms with E-state index in [1.54, 1.807) is 18.2 Å². The van der Waals surface area contributed by atoms with Gasteiger partial charge in [-0.1, -0.05) is 19.9 Å². The van der Waals surface area contributed by atoms with Crippen LogP contribution in [0.25, 0.3) is 0 Å². The molecule has 0 saturated carbocycles. The van der Waals surface area contributed by atoms with Crippen molar-refractivity contribution in [1.29, 1.82) is 0 Å². The molecule has 1 unspecified atom stereocenters. The van der Waals surface area contributed by atoms with Gasteiger partial charge in [0.1, 0.15) is 0 Å². The van der Waals surface area contributed by atoms with Crippen LogP contribution < -0.4 is 5.32 Å². The summed E-state index contributed by atoms with van der Waals surface area (Å²) in [5, 5.41) is 2.95. The lowest BCUT2D eigenvalue weighted by Crippen LogP contribution is -2.33. The summed E-state index contributed by atoms with van der Waals surface area (Å²) in [5.74, 6) is 0.378. The zero-order chi connectivity index (χ0) is 17.7. The Morgan fingerprint density at radius 1 is 1.17 bits per heavy atom. The zero-order valence-corrected chi connectivity index (χ0v) is 15.6. The molecule has 1 aliphatic rings. The number of carbonyl (C=O) groups excluding carboxylic acids is 1. The standard InChI is InChI=1S/C18H28N2O3S/c1-14(2)9-10-15(3)19-18(21)16-7-6-8-17(13-16)24(22,23)20-11-4-5-12-20/h6-8,13-15H,4-5,9-12H2,1-3H3,(H,19,21). The minimum Gasteiger partial charge on any atom is -0.350 e. The maximum Gasteiger partial charge on any atom is 0.251 e. The van der Waals surface area contributed by atoms with Crippen molar-refractivity contribution in [3.05, 3.63) is 29.8 Å². The number of amides is 1. The third kappa shape index (κ3) is 4.80. The molecule has 5 nitrogen and oxygen atoms in total. The molecule has 1 atom stereocenters. The number of sulfonamides is 1. The lowest BCUT2D eigenvalue weighted by Gasteiger charge is -2.17. The summed E-state index contributed by atoms with van der Waals surface area (Å²) in [6.45, 7) is 7.41. The molecule has 1 amide bonds. The highest BCUT2D eigenvalue weighted by molar-refractivity contribution is 7.89. The summed E-state index contributed by atoms with van der Waals surface area (Å²) in [5.41, 5.74) is 0.395. The van der Waals surface area contributed by atoms with Crippen molar-refractivity contribution in [2.75, 3.05) is 13.1 Å². The predicted octanol–water partition coefficient (Wildman–Crippen LogP) is 3.03. The Hall–Kier alpha value is -1.40. The van der Waals surface area contributed by atoms with Crippen LogP contribution in [-0.2, 0) is 10.0 Å². The number of nitrogens with zero attached hydrogens (tertiary/aromatic N) is 1. The second-order valence-electron chi connectivity index (χ2n) is 6.98. The molecule has 1 fully saturated rings. The zero-order valence-electron chi connectivity index (χ0n) is 14.8. The van der Waals surface area contributed by atoms with Crippen molar-refractivity contribution in [1.82, 2.24) is 9.62 Å². The van der Waals surface area contributed by atoms with Gasteiger partial charge in [-0.15, -0.1) is 0 Å². The van der Waals surface area contributed by atoms with Gasteiger partial charge in [-0.25, -0.2) is 8.42 Å². The molecular weight excluding hydrogens is 324 g/mol. The van der Waals surface area contributed by atoms with E-state index >= 15 is 0 Å². The van der Waals surface area contributed by atoms with E-state index in [1.165, 1.54) is 10.4 Å². The fourth-order valence-corrected chi connectivity index (χ4v) is 4.40. The van der Waals surface area contributed by atoms with Crippen molar-refractivity contribution < 1.29 is 13.2 Å². The Morgan fingerprint density at radius 3 is 2.46 bits per heavy atom. The summed E-state index contributed by atoms with van der Waals surface area (Å²) in [6, 6.07) is 6.41. The smallest absolute Gasteiger partial charge is 0.251 e. The number of carbonyl (C=O) groups is 1. The van der Waals surface area contributed by atoms with Gasteiger partial charge >= 0.3 is 0 Å². The fourth-order valence-electron chi connectivity index (χ4n) is 2.84. The minimum absolute atomic E-state index is 0.0683. The third-order valence-electron chi connectivity index (χ3n) is 4.35. The highest BCUT2D eigenvalue weighted by Gasteiger charge is 2.27. The molecule has 2 rings (SSSR count). The first-order valence-electron chi connectivity index (χ1n) is 8.72. The number of hydrogen-bond donors (Lipinski definition) is 1. The van der Waals surface area contributed by atoms with E-state index in [1.807, 2.05) is 6.92 Å². The van der Waals surface area contributed by atoms with Crippen LogP contribution in [0.4, 0.5) is 0 Å². The van der Waals surface area contributed by atoms with E-state index < -0.39 is 10.0 Å². The molecule has 6 heteroatoms. The molecule has 0 aromatic heterocycles. The Balaban J connectivity index is 2.08. The molecule has 1 aromatic carbocycles. The van der Waals surface area contributed by atoms with E-state index in [0.717, 1.165) is 25.7 Å². The Labute approximate surface area is 145 Å². The SMILES string of the molecule is CC(C)CCC(C)NC(=O)c1cccc(S(=O)(=O)N2CCCC2)c1. The van der Waals surface area contributed by atoms with Crippen molar-refractivity contribution in [2.45, 2.75) is 57.4 Å². The fraction of sp³-hybridized carbons (Fsp3) is 0.611. The second-order valence-corrected chi connectivity index (χ2v) is 8.92. The molecule has 134 valence electrons. The van der Waals surface area contributed by atoms with Gasteiger partial charge in [0.25, 0.3) is 5.91 Å². The number of nitrogens with one attached hydrogen (secondary N) is 1. The van der Waals surface area contributed by atoms with Crippen LogP contribution in [0.3, 0.4) is 0 Å². The average molecular weight is 353 g/mol. The first-order chi connectivity index (χ1) is 11.3. The highest BCUT2D eigenvalue weighted by Crippen LogP contribution is 2.21.